The Labute approximate surface area is 112 Å². The van der Waals surface area contributed by atoms with Gasteiger partial charge in [0.25, 0.3) is 0 Å². The van der Waals surface area contributed by atoms with Gasteiger partial charge in [0.05, 0.1) is 5.02 Å². The summed E-state index contributed by atoms with van der Waals surface area (Å²) in [7, 11) is 0. The molecule has 0 saturated heterocycles. The summed E-state index contributed by atoms with van der Waals surface area (Å²) in [6, 6.07) is 8.74. The highest BCUT2D eigenvalue weighted by Gasteiger charge is 2.14. The fourth-order valence-electron chi connectivity index (χ4n) is 1.52. The van der Waals surface area contributed by atoms with Crippen molar-refractivity contribution in [3.05, 3.63) is 57.2 Å². The Morgan fingerprint density at radius 1 is 1.35 bits per heavy atom. The summed E-state index contributed by atoms with van der Waals surface area (Å²) < 4.78 is 0.786. The van der Waals surface area contributed by atoms with Crippen LogP contribution in [0.1, 0.15) is 17.2 Å². The zero-order valence-corrected chi connectivity index (χ0v) is 11.1. The number of aromatic nitrogens is 1. The summed E-state index contributed by atoms with van der Waals surface area (Å²) in [6.45, 7) is 0. The molecular weight excluding hydrogens is 304 g/mol. The molecule has 2 aromatic rings. The first-order valence-corrected chi connectivity index (χ1v) is 6.10. The van der Waals surface area contributed by atoms with Gasteiger partial charge in [-0.2, -0.15) is 0 Å². The maximum absolute atomic E-state index is 10.2. The molecule has 0 aliphatic rings. The van der Waals surface area contributed by atoms with Gasteiger partial charge in [-0.15, -0.1) is 0 Å². The highest BCUT2D eigenvalue weighted by atomic mass is 79.9. The maximum atomic E-state index is 10.2. The molecule has 88 valence electrons. The van der Waals surface area contributed by atoms with E-state index >= 15 is 0 Å². The molecule has 1 aromatic heterocycles. The van der Waals surface area contributed by atoms with Gasteiger partial charge in [-0.05, 0) is 39.7 Å². The van der Waals surface area contributed by atoms with Crippen molar-refractivity contribution in [2.45, 2.75) is 6.10 Å². The average molecular weight is 314 g/mol. The van der Waals surface area contributed by atoms with Crippen molar-refractivity contribution in [3.63, 3.8) is 0 Å². The van der Waals surface area contributed by atoms with Gasteiger partial charge in [0.15, 0.2) is 0 Å². The predicted molar refractivity (Wildman–Crippen MR) is 71.9 cm³/mol. The third kappa shape index (κ3) is 2.60. The summed E-state index contributed by atoms with van der Waals surface area (Å²) in [5.41, 5.74) is 6.97. The Bertz CT molecular complexity index is 548. The number of anilines is 1. The number of nitrogens with two attached hydrogens (primary N) is 1. The number of aliphatic hydroxyl groups excluding tert-OH is 1. The van der Waals surface area contributed by atoms with Crippen LogP contribution in [0.4, 0.5) is 5.82 Å². The minimum absolute atomic E-state index is 0.319. The first kappa shape index (κ1) is 12.4. The quantitative estimate of drug-likeness (QED) is 0.895. The van der Waals surface area contributed by atoms with Crippen LogP contribution < -0.4 is 5.73 Å². The number of nitrogens with zero attached hydrogens (tertiary/aromatic N) is 1. The van der Waals surface area contributed by atoms with Crippen molar-refractivity contribution in [1.29, 1.82) is 0 Å². The van der Waals surface area contributed by atoms with Gasteiger partial charge in [0, 0.05) is 16.2 Å². The second kappa shape index (κ2) is 5.04. The normalized spacial score (nSPS) is 12.4. The van der Waals surface area contributed by atoms with Crippen LogP contribution in [0.3, 0.4) is 0 Å². The van der Waals surface area contributed by atoms with Crippen molar-refractivity contribution in [2.75, 3.05) is 5.73 Å². The average Bonchev–Trinajstić information content (AvgIpc) is 2.32. The first-order chi connectivity index (χ1) is 8.09. The van der Waals surface area contributed by atoms with Crippen LogP contribution in [-0.2, 0) is 0 Å². The van der Waals surface area contributed by atoms with E-state index in [4.69, 9.17) is 17.3 Å². The van der Waals surface area contributed by atoms with E-state index in [1.54, 1.807) is 36.5 Å². The molecule has 1 heterocycles. The molecule has 0 aliphatic carbocycles. The number of halogens is 2. The van der Waals surface area contributed by atoms with Crippen LogP contribution >= 0.6 is 27.5 Å². The Morgan fingerprint density at radius 2 is 2.12 bits per heavy atom. The second-order valence-electron chi connectivity index (χ2n) is 3.55. The number of hydrogen-bond donors (Lipinski definition) is 2. The van der Waals surface area contributed by atoms with Crippen molar-refractivity contribution in [2.24, 2.45) is 0 Å². The van der Waals surface area contributed by atoms with Crippen molar-refractivity contribution in [3.8, 4) is 0 Å². The molecule has 0 radical (unpaired) electrons. The van der Waals surface area contributed by atoms with Gasteiger partial charge >= 0.3 is 0 Å². The predicted octanol–water partition coefficient (Wildman–Crippen LogP) is 3.16. The molecule has 0 saturated carbocycles. The van der Waals surface area contributed by atoms with E-state index in [-0.39, 0.29) is 0 Å². The molecule has 1 atom stereocenters. The number of aliphatic hydroxyl groups is 1. The van der Waals surface area contributed by atoms with Crippen LogP contribution in [0.5, 0.6) is 0 Å². The highest BCUT2D eigenvalue weighted by molar-refractivity contribution is 9.10. The van der Waals surface area contributed by atoms with Crippen LogP contribution in [0, 0.1) is 0 Å². The van der Waals surface area contributed by atoms with Gasteiger partial charge < -0.3 is 10.8 Å². The fourth-order valence-corrected chi connectivity index (χ4v) is 1.96. The summed E-state index contributed by atoms with van der Waals surface area (Å²) in [4.78, 5) is 3.94. The number of hydrogen-bond acceptors (Lipinski definition) is 3. The Morgan fingerprint density at radius 3 is 2.76 bits per heavy atom. The monoisotopic (exact) mass is 312 g/mol. The molecule has 0 aliphatic heterocycles. The van der Waals surface area contributed by atoms with Crippen LogP contribution in [0.2, 0.25) is 5.02 Å². The molecule has 3 nitrogen and oxygen atoms in total. The summed E-state index contributed by atoms with van der Waals surface area (Å²) in [5.74, 6) is 0.319. The van der Waals surface area contributed by atoms with E-state index < -0.39 is 6.10 Å². The topological polar surface area (TPSA) is 59.1 Å². The molecule has 2 rings (SSSR count). The van der Waals surface area contributed by atoms with Gasteiger partial charge in [0.1, 0.15) is 11.9 Å². The molecule has 0 spiro atoms. The third-order valence-corrected chi connectivity index (χ3v) is 3.66. The first-order valence-electron chi connectivity index (χ1n) is 4.93. The molecule has 3 N–H and O–H groups in total. The van der Waals surface area contributed by atoms with E-state index in [0.29, 0.717) is 22.0 Å². The zero-order chi connectivity index (χ0) is 12.4. The lowest BCUT2D eigenvalue weighted by molar-refractivity contribution is 0.220. The number of nitrogen functional groups attached to an aromatic ring is 1. The third-order valence-electron chi connectivity index (χ3n) is 2.43. The molecule has 5 heteroatoms. The van der Waals surface area contributed by atoms with Gasteiger partial charge in [-0.3, -0.25) is 0 Å². The number of benzene rings is 1. The van der Waals surface area contributed by atoms with Gasteiger partial charge in [-0.1, -0.05) is 23.7 Å². The minimum Gasteiger partial charge on any atom is -0.384 e. The van der Waals surface area contributed by atoms with Crippen molar-refractivity contribution >= 4 is 33.3 Å². The Hall–Kier alpha value is -1.10. The highest BCUT2D eigenvalue weighted by Crippen LogP contribution is 2.30. The van der Waals surface area contributed by atoms with E-state index in [0.717, 1.165) is 4.47 Å². The molecule has 0 fully saturated rings. The molecule has 0 amide bonds. The number of rotatable bonds is 2. The van der Waals surface area contributed by atoms with Crippen molar-refractivity contribution < 1.29 is 5.11 Å². The van der Waals surface area contributed by atoms with Gasteiger partial charge in [0.2, 0.25) is 0 Å². The summed E-state index contributed by atoms with van der Waals surface area (Å²) in [5, 5.41) is 10.7. The fraction of sp³-hybridized carbons (Fsp3) is 0.0833. The lowest BCUT2D eigenvalue weighted by atomic mass is 10.0. The summed E-state index contributed by atoms with van der Waals surface area (Å²) >= 11 is 9.28. The summed E-state index contributed by atoms with van der Waals surface area (Å²) in [6.07, 6.45) is 0.759. The van der Waals surface area contributed by atoms with Crippen LogP contribution in [0.15, 0.2) is 41.0 Å². The van der Waals surface area contributed by atoms with Crippen molar-refractivity contribution in [1.82, 2.24) is 4.98 Å². The maximum Gasteiger partial charge on any atom is 0.129 e. The molecule has 1 aromatic carbocycles. The van der Waals surface area contributed by atoms with Gasteiger partial charge in [-0.25, -0.2) is 4.98 Å². The molecular formula is C12H10BrClN2O. The van der Waals surface area contributed by atoms with E-state index in [1.807, 2.05) is 0 Å². The zero-order valence-electron chi connectivity index (χ0n) is 8.77. The van der Waals surface area contributed by atoms with Crippen LogP contribution in [0.25, 0.3) is 0 Å². The Balaban J connectivity index is 2.40. The van der Waals surface area contributed by atoms with Crippen LogP contribution in [-0.4, -0.2) is 10.1 Å². The SMILES string of the molecule is Nc1ncccc1C(O)c1ccc(Br)c(Cl)c1. The van der Waals surface area contributed by atoms with E-state index in [2.05, 4.69) is 20.9 Å². The largest absolute Gasteiger partial charge is 0.384 e. The standard InChI is InChI=1S/C12H10BrClN2O/c13-9-4-3-7(6-10(9)14)11(17)8-2-1-5-16-12(8)15/h1-6,11,17H,(H2,15,16). The van der Waals surface area contributed by atoms with E-state index in [1.165, 1.54) is 0 Å². The molecule has 1 unspecified atom stereocenters. The molecule has 0 bridgehead atoms. The minimum atomic E-state index is -0.825. The Kier molecular flexibility index (Phi) is 3.66. The lowest BCUT2D eigenvalue weighted by Crippen LogP contribution is -2.05. The second-order valence-corrected chi connectivity index (χ2v) is 4.82. The number of pyridine rings is 1. The van der Waals surface area contributed by atoms with E-state index in [9.17, 15) is 5.11 Å². The smallest absolute Gasteiger partial charge is 0.129 e. The lowest BCUT2D eigenvalue weighted by Gasteiger charge is -2.13. The molecule has 17 heavy (non-hydrogen) atoms.